The first kappa shape index (κ1) is 15.4. The topological polar surface area (TPSA) is 46.2 Å². The van der Waals surface area contributed by atoms with Crippen LogP contribution in [0.15, 0.2) is 12.2 Å². The fourth-order valence-electron chi connectivity index (χ4n) is 1.14. The van der Waals surface area contributed by atoms with Crippen LogP contribution in [0.1, 0.15) is 33.6 Å². The minimum absolute atomic E-state index is 0.103. The molecule has 0 saturated heterocycles. The highest BCUT2D eigenvalue weighted by molar-refractivity contribution is 8.02. The summed E-state index contributed by atoms with van der Waals surface area (Å²) in [6, 6.07) is 0. The number of hydrogen-bond acceptors (Lipinski definition) is 2. The van der Waals surface area contributed by atoms with Gasteiger partial charge in [0.25, 0.3) is 0 Å². The van der Waals surface area contributed by atoms with Gasteiger partial charge in [0.05, 0.1) is 0 Å². The Morgan fingerprint density at radius 3 is 2.25 bits per heavy atom. The summed E-state index contributed by atoms with van der Waals surface area (Å²) in [5, 5.41) is 2.78. The maximum absolute atomic E-state index is 12.0. The second kappa shape index (κ2) is 5.62. The predicted molar refractivity (Wildman–Crippen MR) is 72.5 cm³/mol. The van der Waals surface area contributed by atoms with Crippen LogP contribution in [0.25, 0.3) is 0 Å². The SMILES string of the molecule is C=C(C)C(=O)NCCCC(C)(C)[SH](C)(C)=O. The van der Waals surface area contributed by atoms with Gasteiger partial charge in [0, 0.05) is 16.9 Å². The molecule has 0 radical (unpaired) electrons. The number of amides is 1. The molecule has 0 aliphatic heterocycles. The molecule has 0 unspecified atom stereocenters. The molecule has 0 aromatic carbocycles. The third kappa shape index (κ3) is 4.92. The van der Waals surface area contributed by atoms with Crippen LogP contribution in [0.5, 0.6) is 0 Å². The van der Waals surface area contributed by atoms with E-state index in [1.165, 1.54) is 0 Å². The van der Waals surface area contributed by atoms with E-state index in [1.54, 1.807) is 6.92 Å². The van der Waals surface area contributed by atoms with E-state index >= 15 is 0 Å². The van der Waals surface area contributed by atoms with Crippen molar-refractivity contribution in [3.05, 3.63) is 12.2 Å². The molecule has 0 aliphatic carbocycles. The van der Waals surface area contributed by atoms with Crippen LogP contribution in [0.4, 0.5) is 0 Å². The summed E-state index contributed by atoms with van der Waals surface area (Å²) < 4.78 is 11.8. The first-order chi connectivity index (χ1) is 7.08. The Hall–Kier alpha value is -0.640. The lowest BCUT2D eigenvalue weighted by Gasteiger charge is -2.33. The monoisotopic (exact) mass is 247 g/mol. The van der Waals surface area contributed by atoms with Crippen LogP contribution in [0.2, 0.25) is 0 Å². The Bertz CT molecular complexity index is 315. The van der Waals surface area contributed by atoms with E-state index in [1.807, 2.05) is 26.4 Å². The fourth-order valence-corrected chi connectivity index (χ4v) is 1.84. The normalized spacial score (nSPS) is 13.3. The second-order valence-electron chi connectivity index (χ2n) is 5.30. The van der Waals surface area contributed by atoms with E-state index in [2.05, 4.69) is 11.9 Å². The molecule has 0 bridgehead atoms. The fraction of sp³-hybridized carbons (Fsp3) is 0.750. The molecule has 1 amide bonds. The quantitative estimate of drug-likeness (QED) is 0.425. The minimum Gasteiger partial charge on any atom is -0.352 e. The zero-order valence-corrected chi connectivity index (χ0v) is 12.0. The molecule has 0 saturated carbocycles. The molecule has 16 heavy (non-hydrogen) atoms. The summed E-state index contributed by atoms with van der Waals surface area (Å²) in [6.07, 6.45) is 5.34. The van der Waals surface area contributed by atoms with Crippen LogP contribution < -0.4 is 5.32 Å². The lowest BCUT2D eigenvalue weighted by Crippen LogP contribution is -2.37. The van der Waals surface area contributed by atoms with Gasteiger partial charge in [-0.1, -0.05) is 20.4 Å². The van der Waals surface area contributed by atoms with Crippen molar-refractivity contribution in [2.45, 2.75) is 38.4 Å². The van der Waals surface area contributed by atoms with Crippen LogP contribution in [0, 0.1) is 0 Å². The van der Waals surface area contributed by atoms with Crippen LogP contribution >= 0.6 is 0 Å². The summed E-state index contributed by atoms with van der Waals surface area (Å²) >= 11 is 0. The van der Waals surface area contributed by atoms with Gasteiger partial charge in [-0.05, 0) is 32.3 Å². The molecule has 0 fully saturated rings. The van der Waals surface area contributed by atoms with Crippen molar-refractivity contribution in [3.8, 4) is 0 Å². The molecular weight excluding hydrogens is 222 g/mol. The van der Waals surface area contributed by atoms with Crippen molar-refractivity contribution in [1.82, 2.24) is 5.32 Å². The van der Waals surface area contributed by atoms with Crippen molar-refractivity contribution >= 4 is 15.8 Å². The van der Waals surface area contributed by atoms with Gasteiger partial charge in [-0.25, -0.2) is 0 Å². The van der Waals surface area contributed by atoms with E-state index in [0.717, 1.165) is 12.8 Å². The minimum atomic E-state index is -2.08. The maximum Gasteiger partial charge on any atom is 0.246 e. The Morgan fingerprint density at radius 1 is 1.38 bits per heavy atom. The van der Waals surface area contributed by atoms with E-state index in [9.17, 15) is 9.00 Å². The molecule has 0 atom stereocenters. The number of rotatable bonds is 6. The van der Waals surface area contributed by atoms with Crippen molar-refractivity contribution < 1.29 is 9.00 Å². The lowest BCUT2D eigenvalue weighted by atomic mass is 10.1. The standard InChI is InChI=1S/C12H25NO2S/c1-10(2)11(14)13-9-7-8-12(3,4)16(5,6)15/h16H,1,7-9H2,2-6H3,(H,13,14). The Kier molecular flexibility index (Phi) is 5.39. The van der Waals surface area contributed by atoms with Crippen molar-refractivity contribution in [2.24, 2.45) is 0 Å². The number of thiol groups is 1. The average molecular weight is 247 g/mol. The van der Waals surface area contributed by atoms with Crippen LogP contribution in [-0.4, -0.2) is 33.9 Å². The van der Waals surface area contributed by atoms with Crippen molar-refractivity contribution in [1.29, 1.82) is 0 Å². The molecule has 0 spiro atoms. The number of carbonyl (C=O) groups is 1. The molecule has 96 valence electrons. The third-order valence-electron chi connectivity index (χ3n) is 3.10. The highest BCUT2D eigenvalue weighted by Crippen LogP contribution is 2.25. The number of nitrogens with one attached hydrogen (secondary N) is 1. The van der Waals surface area contributed by atoms with Gasteiger partial charge in [-0.2, -0.15) is 0 Å². The van der Waals surface area contributed by atoms with Crippen molar-refractivity contribution in [2.75, 3.05) is 19.1 Å². The second-order valence-corrected chi connectivity index (χ2v) is 9.22. The highest BCUT2D eigenvalue weighted by Gasteiger charge is 2.26. The van der Waals surface area contributed by atoms with Gasteiger partial charge in [0.1, 0.15) is 0 Å². The van der Waals surface area contributed by atoms with Gasteiger partial charge in [0.15, 0.2) is 0 Å². The molecule has 0 aliphatic rings. The zero-order valence-electron chi connectivity index (χ0n) is 11.1. The number of hydrogen-bond donors (Lipinski definition) is 2. The molecule has 0 aromatic rings. The first-order valence-electron chi connectivity index (χ1n) is 5.57. The molecule has 3 nitrogen and oxygen atoms in total. The van der Waals surface area contributed by atoms with E-state index in [4.69, 9.17) is 0 Å². The number of carbonyl (C=O) groups excluding carboxylic acids is 1. The molecule has 0 rings (SSSR count). The molecule has 4 heteroatoms. The zero-order chi connectivity index (χ0) is 13.0. The summed E-state index contributed by atoms with van der Waals surface area (Å²) in [4.78, 5) is 11.2. The Balaban J connectivity index is 3.97. The molecule has 0 aromatic heterocycles. The highest BCUT2D eigenvalue weighted by atomic mass is 32.2. The van der Waals surface area contributed by atoms with Gasteiger partial charge >= 0.3 is 0 Å². The lowest BCUT2D eigenvalue weighted by molar-refractivity contribution is -0.117. The summed E-state index contributed by atoms with van der Waals surface area (Å²) in [5.74, 6) is -0.103. The third-order valence-corrected chi connectivity index (χ3v) is 6.24. The molecule has 0 heterocycles. The average Bonchev–Trinajstić information content (AvgIpc) is 2.09. The molecule has 1 N–H and O–H groups in total. The van der Waals surface area contributed by atoms with E-state index < -0.39 is 9.93 Å². The van der Waals surface area contributed by atoms with Gasteiger partial charge in [-0.15, -0.1) is 9.93 Å². The summed E-state index contributed by atoms with van der Waals surface area (Å²) in [7, 11) is -2.08. The predicted octanol–water partition coefficient (Wildman–Crippen LogP) is 1.51. The van der Waals surface area contributed by atoms with Gasteiger partial charge in [-0.3, -0.25) is 9.00 Å². The summed E-state index contributed by atoms with van der Waals surface area (Å²) in [6.45, 7) is 9.92. The van der Waals surface area contributed by atoms with Gasteiger partial charge in [0.2, 0.25) is 5.91 Å². The van der Waals surface area contributed by atoms with Crippen LogP contribution in [-0.2, 0) is 14.7 Å². The largest absolute Gasteiger partial charge is 0.352 e. The Labute approximate surface area is 100 Å². The van der Waals surface area contributed by atoms with Crippen molar-refractivity contribution in [3.63, 3.8) is 0 Å². The van der Waals surface area contributed by atoms with Crippen LogP contribution in [0.3, 0.4) is 0 Å². The van der Waals surface area contributed by atoms with Gasteiger partial charge < -0.3 is 5.32 Å². The van der Waals surface area contributed by atoms with E-state index in [0.29, 0.717) is 12.1 Å². The first-order valence-corrected chi connectivity index (χ1v) is 8.17. The molecular formula is C12H25NO2S. The summed E-state index contributed by atoms with van der Waals surface area (Å²) in [5.41, 5.74) is 0.524. The Morgan fingerprint density at radius 2 is 1.88 bits per heavy atom. The van der Waals surface area contributed by atoms with E-state index in [-0.39, 0.29) is 10.7 Å². The maximum atomic E-state index is 12.0. The smallest absolute Gasteiger partial charge is 0.246 e.